The number of ether oxygens (including phenoxy) is 2. The number of aliphatic hydroxyl groups excluding tert-OH is 1. The zero-order valence-electron chi connectivity index (χ0n) is 7.69. The lowest BCUT2D eigenvalue weighted by Gasteiger charge is -2.36. The SMILES string of the molecule is NCC1CC(OC2COCC2O)C1. The van der Waals surface area contributed by atoms with Crippen LogP contribution in [-0.4, -0.2) is 43.2 Å². The summed E-state index contributed by atoms with van der Waals surface area (Å²) in [6.45, 7) is 1.70. The van der Waals surface area contributed by atoms with E-state index in [0.29, 0.717) is 25.2 Å². The van der Waals surface area contributed by atoms with Gasteiger partial charge in [0.05, 0.1) is 19.3 Å². The van der Waals surface area contributed by atoms with E-state index in [-0.39, 0.29) is 6.10 Å². The molecule has 4 nitrogen and oxygen atoms in total. The van der Waals surface area contributed by atoms with Gasteiger partial charge in [0, 0.05) is 0 Å². The minimum absolute atomic E-state index is 0.108. The zero-order chi connectivity index (χ0) is 9.26. The number of hydrogen-bond donors (Lipinski definition) is 2. The second kappa shape index (κ2) is 3.92. The van der Waals surface area contributed by atoms with E-state index in [9.17, 15) is 5.11 Å². The van der Waals surface area contributed by atoms with E-state index >= 15 is 0 Å². The van der Waals surface area contributed by atoms with Crippen LogP contribution < -0.4 is 5.73 Å². The molecular weight excluding hydrogens is 170 g/mol. The Morgan fingerprint density at radius 1 is 1.38 bits per heavy atom. The average molecular weight is 187 g/mol. The highest BCUT2D eigenvalue weighted by molar-refractivity contribution is 4.84. The van der Waals surface area contributed by atoms with Gasteiger partial charge in [-0.2, -0.15) is 0 Å². The van der Waals surface area contributed by atoms with Crippen molar-refractivity contribution in [1.82, 2.24) is 0 Å². The van der Waals surface area contributed by atoms with Crippen molar-refractivity contribution in [2.45, 2.75) is 31.2 Å². The van der Waals surface area contributed by atoms with Crippen LogP contribution in [0.4, 0.5) is 0 Å². The van der Waals surface area contributed by atoms with Crippen molar-refractivity contribution in [2.24, 2.45) is 11.7 Å². The Bertz CT molecular complexity index is 170. The lowest BCUT2D eigenvalue weighted by Crippen LogP contribution is -2.41. The Kier molecular flexibility index (Phi) is 2.83. The molecule has 2 fully saturated rings. The Balaban J connectivity index is 1.68. The third kappa shape index (κ3) is 2.02. The predicted molar refractivity (Wildman–Crippen MR) is 47.3 cm³/mol. The van der Waals surface area contributed by atoms with E-state index in [0.717, 1.165) is 19.4 Å². The summed E-state index contributed by atoms with van der Waals surface area (Å²) in [7, 11) is 0. The number of rotatable bonds is 3. The first kappa shape index (κ1) is 9.40. The van der Waals surface area contributed by atoms with Gasteiger partial charge in [0.1, 0.15) is 12.2 Å². The van der Waals surface area contributed by atoms with Crippen LogP contribution in [0.3, 0.4) is 0 Å². The van der Waals surface area contributed by atoms with Crippen molar-refractivity contribution >= 4 is 0 Å². The van der Waals surface area contributed by atoms with Crippen molar-refractivity contribution in [3.63, 3.8) is 0 Å². The van der Waals surface area contributed by atoms with E-state index in [1.54, 1.807) is 0 Å². The van der Waals surface area contributed by atoms with Gasteiger partial charge in [-0.15, -0.1) is 0 Å². The van der Waals surface area contributed by atoms with Gasteiger partial charge in [0.2, 0.25) is 0 Å². The fraction of sp³-hybridized carbons (Fsp3) is 1.00. The Labute approximate surface area is 78.0 Å². The highest BCUT2D eigenvalue weighted by atomic mass is 16.6. The van der Waals surface area contributed by atoms with Gasteiger partial charge in [0.25, 0.3) is 0 Å². The van der Waals surface area contributed by atoms with Crippen LogP contribution in [0.15, 0.2) is 0 Å². The maximum Gasteiger partial charge on any atom is 0.109 e. The fourth-order valence-corrected chi connectivity index (χ4v) is 1.88. The van der Waals surface area contributed by atoms with Crippen molar-refractivity contribution in [3.8, 4) is 0 Å². The first-order chi connectivity index (χ1) is 6.29. The minimum Gasteiger partial charge on any atom is -0.388 e. The molecule has 0 aromatic heterocycles. The van der Waals surface area contributed by atoms with Crippen LogP contribution in [0.1, 0.15) is 12.8 Å². The first-order valence-corrected chi connectivity index (χ1v) is 4.91. The molecule has 2 unspecified atom stereocenters. The molecule has 4 heteroatoms. The summed E-state index contributed by atoms with van der Waals surface area (Å²) in [6, 6.07) is 0. The molecule has 1 aliphatic heterocycles. The molecule has 76 valence electrons. The summed E-state index contributed by atoms with van der Waals surface area (Å²) >= 11 is 0. The topological polar surface area (TPSA) is 64.7 Å². The molecule has 2 rings (SSSR count). The minimum atomic E-state index is -0.433. The van der Waals surface area contributed by atoms with E-state index in [1.165, 1.54) is 0 Å². The molecule has 2 aliphatic rings. The highest BCUT2D eigenvalue weighted by Crippen LogP contribution is 2.31. The molecule has 1 heterocycles. The van der Waals surface area contributed by atoms with Crippen LogP contribution in [0, 0.1) is 5.92 Å². The number of aliphatic hydroxyl groups is 1. The van der Waals surface area contributed by atoms with Crippen LogP contribution in [-0.2, 0) is 9.47 Å². The van der Waals surface area contributed by atoms with Crippen LogP contribution >= 0.6 is 0 Å². The number of hydrogen-bond acceptors (Lipinski definition) is 4. The van der Waals surface area contributed by atoms with Crippen molar-refractivity contribution < 1.29 is 14.6 Å². The maximum atomic E-state index is 9.41. The lowest BCUT2D eigenvalue weighted by molar-refractivity contribution is -0.101. The summed E-state index contributed by atoms with van der Waals surface area (Å²) in [4.78, 5) is 0. The Morgan fingerprint density at radius 2 is 2.15 bits per heavy atom. The summed E-state index contributed by atoms with van der Waals surface area (Å²) < 4.78 is 10.8. The van der Waals surface area contributed by atoms with E-state index in [2.05, 4.69) is 0 Å². The smallest absolute Gasteiger partial charge is 0.109 e. The van der Waals surface area contributed by atoms with Gasteiger partial charge in [-0.05, 0) is 25.3 Å². The van der Waals surface area contributed by atoms with Gasteiger partial charge in [-0.25, -0.2) is 0 Å². The third-order valence-electron chi connectivity index (χ3n) is 2.89. The molecule has 1 saturated heterocycles. The molecule has 13 heavy (non-hydrogen) atoms. The van der Waals surface area contributed by atoms with Crippen LogP contribution in [0.2, 0.25) is 0 Å². The van der Waals surface area contributed by atoms with Gasteiger partial charge < -0.3 is 20.3 Å². The predicted octanol–water partition coefficient (Wildman–Crippen LogP) is -0.500. The monoisotopic (exact) mass is 187 g/mol. The Hall–Kier alpha value is -0.160. The normalized spacial score (nSPS) is 44.8. The average Bonchev–Trinajstić information content (AvgIpc) is 2.43. The standard InChI is InChI=1S/C9H17NO3/c10-3-6-1-7(2-6)13-9-5-12-4-8(9)11/h6-9,11H,1-5,10H2. The van der Waals surface area contributed by atoms with Crippen LogP contribution in [0.5, 0.6) is 0 Å². The summed E-state index contributed by atoms with van der Waals surface area (Å²) in [5, 5.41) is 9.41. The van der Waals surface area contributed by atoms with Gasteiger partial charge in [-0.3, -0.25) is 0 Å². The molecule has 0 aromatic rings. The molecule has 0 bridgehead atoms. The van der Waals surface area contributed by atoms with E-state index in [1.807, 2.05) is 0 Å². The van der Waals surface area contributed by atoms with Crippen LogP contribution in [0.25, 0.3) is 0 Å². The molecule has 1 saturated carbocycles. The molecule has 2 atom stereocenters. The van der Waals surface area contributed by atoms with Gasteiger partial charge in [0.15, 0.2) is 0 Å². The zero-order valence-corrected chi connectivity index (χ0v) is 7.69. The second-order valence-electron chi connectivity index (χ2n) is 3.97. The first-order valence-electron chi connectivity index (χ1n) is 4.91. The van der Waals surface area contributed by atoms with Gasteiger partial charge in [-0.1, -0.05) is 0 Å². The molecule has 0 aromatic carbocycles. The Morgan fingerprint density at radius 3 is 2.69 bits per heavy atom. The maximum absolute atomic E-state index is 9.41. The lowest BCUT2D eigenvalue weighted by atomic mass is 9.82. The fourth-order valence-electron chi connectivity index (χ4n) is 1.88. The molecule has 0 radical (unpaired) electrons. The molecule has 1 aliphatic carbocycles. The summed E-state index contributed by atoms with van der Waals surface area (Å²) in [5.41, 5.74) is 5.50. The van der Waals surface area contributed by atoms with Crippen molar-refractivity contribution in [2.75, 3.05) is 19.8 Å². The van der Waals surface area contributed by atoms with E-state index in [4.69, 9.17) is 15.2 Å². The number of nitrogens with two attached hydrogens (primary N) is 1. The largest absolute Gasteiger partial charge is 0.388 e. The second-order valence-corrected chi connectivity index (χ2v) is 3.97. The highest BCUT2D eigenvalue weighted by Gasteiger charge is 2.35. The molecule has 0 spiro atoms. The van der Waals surface area contributed by atoms with Gasteiger partial charge >= 0.3 is 0 Å². The summed E-state index contributed by atoms with van der Waals surface area (Å²) in [6.07, 6.45) is 1.84. The quantitative estimate of drug-likeness (QED) is 0.625. The molecule has 0 amide bonds. The van der Waals surface area contributed by atoms with Crippen molar-refractivity contribution in [3.05, 3.63) is 0 Å². The summed E-state index contributed by atoms with van der Waals surface area (Å²) in [5.74, 6) is 0.629. The molecule has 3 N–H and O–H groups in total. The third-order valence-corrected chi connectivity index (χ3v) is 2.89. The van der Waals surface area contributed by atoms with E-state index < -0.39 is 6.10 Å². The molecular formula is C9H17NO3. The van der Waals surface area contributed by atoms with Crippen molar-refractivity contribution in [1.29, 1.82) is 0 Å².